The fourth-order valence-corrected chi connectivity index (χ4v) is 3.17. The number of benzene rings is 3. The van der Waals surface area contributed by atoms with Crippen molar-refractivity contribution >= 4 is 33.4 Å². The van der Waals surface area contributed by atoms with Crippen LogP contribution in [0, 0.1) is 0 Å². The van der Waals surface area contributed by atoms with E-state index in [4.69, 9.17) is 5.21 Å². The van der Waals surface area contributed by atoms with Gasteiger partial charge in [0.05, 0.1) is 17.6 Å². The van der Waals surface area contributed by atoms with Crippen LogP contribution in [-0.4, -0.2) is 20.7 Å². The van der Waals surface area contributed by atoms with Gasteiger partial charge in [-0.1, -0.05) is 36.4 Å². The highest BCUT2D eigenvalue weighted by atomic mass is 16.5. The highest BCUT2D eigenvalue weighted by Crippen LogP contribution is 2.24. The number of rotatable bonds is 4. The van der Waals surface area contributed by atoms with E-state index in [1.807, 2.05) is 35.9 Å². The monoisotopic (exact) mass is 346 g/mol. The quantitative estimate of drug-likeness (QED) is 0.391. The lowest BCUT2D eigenvalue weighted by molar-refractivity contribution is 0.0706. The number of hydroxylamine groups is 1. The molecule has 0 spiro atoms. The summed E-state index contributed by atoms with van der Waals surface area (Å²) in [6.07, 6.45) is 0. The van der Waals surface area contributed by atoms with Crippen molar-refractivity contribution in [2.45, 2.75) is 6.54 Å². The van der Waals surface area contributed by atoms with Crippen LogP contribution in [0.5, 0.6) is 0 Å². The van der Waals surface area contributed by atoms with Crippen molar-refractivity contribution in [3.63, 3.8) is 0 Å². The van der Waals surface area contributed by atoms with Gasteiger partial charge in [-0.15, -0.1) is 0 Å². The van der Waals surface area contributed by atoms with Gasteiger partial charge in [-0.3, -0.25) is 10.0 Å². The summed E-state index contributed by atoms with van der Waals surface area (Å²) >= 11 is 0. The summed E-state index contributed by atoms with van der Waals surface area (Å²) in [6, 6.07) is 19.6. The Morgan fingerprint density at radius 1 is 1.12 bits per heavy atom. The predicted octanol–water partition coefficient (Wildman–Crippen LogP) is 3.46. The van der Waals surface area contributed by atoms with Gasteiger partial charge < -0.3 is 9.88 Å². The Morgan fingerprint density at radius 3 is 2.77 bits per heavy atom. The number of hydrogen-bond acceptors (Lipinski definition) is 4. The van der Waals surface area contributed by atoms with Crippen molar-refractivity contribution in [1.29, 1.82) is 0 Å². The molecule has 0 aliphatic heterocycles. The Hall–Kier alpha value is -3.38. The Balaban J connectivity index is 1.64. The van der Waals surface area contributed by atoms with Crippen molar-refractivity contribution < 1.29 is 10.0 Å². The predicted molar refractivity (Wildman–Crippen MR) is 101 cm³/mol. The molecule has 1 aromatic heterocycles. The minimum absolute atomic E-state index is 0.367. The normalized spacial score (nSPS) is 11.0. The molecule has 0 aliphatic rings. The number of hydrogen-bond donors (Lipinski definition) is 3. The third-order valence-corrected chi connectivity index (χ3v) is 4.56. The van der Waals surface area contributed by atoms with Gasteiger partial charge >= 0.3 is 0 Å². The van der Waals surface area contributed by atoms with Gasteiger partial charge in [-0.2, -0.15) is 0 Å². The van der Waals surface area contributed by atoms with Crippen LogP contribution in [0.15, 0.2) is 60.7 Å². The molecule has 6 nitrogen and oxygen atoms in total. The largest absolute Gasteiger partial charge is 0.377 e. The summed E-state index contributed by atoms with van der Waals surface area (Å²) in [5, 5.41) is 14.6. The van der Waals surface area contributed by atoms with E-state index in [0.717, 1.165) is 22.4 Å². The summed E-state index contributed by atoms with van der Waals surface area (Å²) in [7, 11) is 1.95. The zero-order valence-electron chi connectivity index (χ0n) is 14.2. The van der Waals surface area contributed by atoms with Gasteiger partial charge in [-0.25, -0.2) is 10.5 Å². The molecular weight excluding hydrogens is 328 g/mol. The maximum Gasteiger partial charge on any atom is 0.274 e. The molecule has 3 N–H and O–H groups in total. The van der Waals surface area contributed by atoms with Gasteiger partial charge in [0, 0.05) is 23.7 Å². The second-order valence-corrected chi connectivity index (χ2v) is 6.11. The van der Waals surface area contributed by atoms with Gasteiger partial charge in [0.1, 0.15) is 5.82 Å². The van der Waals surface area contributed by atoms with Crippen molar-refractivity contribution in [2.75, 3.05) is 5.32 Å². The zero-order chi connectivity index (χ0) is 18.1. The van der Waals surface area contributed by atoms with Crippen LogP contribution in [0.3, 0.4) is 0 Å². The summed E-state index contributed by atoms with van der Waals surface area (Å²) < 4.78 is 1.99. The maximum atomic E-state index is 11.6. The lowest BCUT2D eigenvalue weighted by Gasteiger charge is -2.09. The molecule has 0 fully saturated rings. The first kappa shape index (κ1) is 16.1. The van der Waals surface area contributed by atoms with Crippen molar-refractivity contribution in [3.8, 4) is 0 Å². The summed E-state index contributed by atoms with van der Waals surface area (Å²) in [5.74, 6) is 0.308. The van der Waals surface area contributed by atoms with E-state index in [2.05, 4.69) is 34.6 Å². The van der Waals surface area contributed by atoms with Crippen LogP contribution in [0.2, 0.25) is 0 Å². The summed E-state index contributed by atoms with van der Waals surface area (Å²) in [6.45, 7) is 0.556. The van der Waals surface area contributed by atoms with Crippen LogP contribution < -0.4 is 10.8 Å². The van der Waals surface area contributed by atoms with E-state index in [0.29, 0.717) is 17.6 Å². The first-order chi connectivity index (χ1) is 12.7. The van der Waals surface area contributed by atoms with Gasteiger partial charge in [0.15, 0.2) is 0 Å². The molecule has 0 radical (unpaired) electrons. The standard InChI is InChI=1S/C20H18N4O2/c1-24-18-10-9-14(20(25)23-26)11-17(18)22-19(24)12-21-16-8-4-6-13-5-2-3-7-15(13)16/h2-11,21,26H,12H2,1H3,(H,23,25). The van der Waals surface area contributed by atoms with Gasteiger partial charge in [-0.05, 0) is 29.7 Å². The number of fused-ring (bicyclic) bond motifs is 2. The molecule has 4 rings (SSSR count). The number of imidazole rings is 1. The molecule has 0 aliphatic carbocycles. The Bertz CT molecular complexity index is 1110. The van der Waals surface area contributed by atoms with E-state index in [-0.39, 0.29) is 0 Å². The van der Waals surface area contributed by atoms with Crippen molar-refractivity contribution in [2.24, 2.45) is 7.05 Å². The molecule has 0 bridgehead atoms. The van der Waals surface area contributed by atoms with Crippen LogP contribution in [-0.2, 0) is 13.6 Å². The Morgan fingerprint density at radius 2 is 1.92 bits per heavy atom. The number of nitrogens with zero attached hydrogens (tertiary/aromatic N) is 2. The molecular formula is C20H18N4O2. The fraction of sp³-hybridized carbons (Fsp3) is 0.100. The topological polar surface area (TPSA) is 79.2 Å². The molecule has 130 valence electrons. The van der Waals surface area contributed by atoms with Crippen LogP contribution in [0.4, 0.5) is 5.69 Å². The third kappa shape index (κ3) is 2.76. The lowest BCUT2D eigenvalue weighted by Crippen LogP contribution is -2.18. The number of anilines is 1. The van der Waals surface area contributed by atoms with Crippen LogP contribution >= 0.6 is 0 Å². The average molecular weight is 346 g/mol. The summed E-state index contributed by atoms with van der Waals surface area (Å²) in [5.41, 5.74) is 4.70. The van der Waals surface area contributed by atoms with Gasteiger partial charge in [0.25, 0.3) is 5.91 Å². The smallest absolute Gasteiger partial charge is 0.274 e. The molecule has 0 saturated carbocycles. The molecule has 26 heavy (non-hydrogen) atoms. The Kier molecular flexibility index (Phi) is 4.02. The van der Waals surface area contributed by atoms with Crippen molar-refractivity contribution in [3.05, 3.63) is 72.1 Å². The maximum absolute atomic E-state index is 11.6. The molecule has 0 saturated heterocycles. The lowest BCUT2D eigenvalue weighted by atomic mass is 10.1. The minimum Gasteiger partial charge on any atom is -0.377 e. The first-order valence-corrected chi connectivity index (χ1v) is 8.29. The average Bonchev–Trinajstić information content (AvgIpc) is 3.00. The Labute approximate surface area is 150 Å². The molecule has 1 heterocycles. The second kappa shape index (κ2) is 6.50. The van der Waals surface area contributed by atoms with E-state index in [1.54, 1.807) is 17.6 Å². The first-order valence-electron chi connectivity index (χ1n) is 8.29. The molecule has 4 aromatic rings. The number of carbonyl (C=O) groups excluding carboxylic acids is 1. The highest BCUT2D eigenvalue weighted by Gasteiger charge is 2.11. The van der Waals surface area contributed by atoms with E-state index < -0.39 is 5.91 Å². The number of nitrogens with one attached hydrogen (secondary N) is 2. The van der Waals surface area contributed by atoms with E-state index in [1.165, 1.54) is 5.39 Å². The van der Waals surface area contributed by atoms with Crippen LogP contribution in [0.1, 0.15) is 16.2 Å². The number of amides is 1. The van der Waals surface area contributed by atoms with Gasteiger partial charge in [0.2, 0.25) is 0 Å². The number of aromatic nitrogens is 2. The SMILES string of the molecule is Cn1c(CNc2cccc3ccccc23)nc2cc(C(=O)NO)ccc21. The molecule has 0 atom stereocenters. The fourth-order valence-electron chi connectivity index (χ4n) is 3.17. The van der Waals surface area contributed by atoms with Crippen molar-refractivity contribution in [1.82, 2.24) is 15.0 Å². The number of carbonyl (C=O) groups is 1. The molecule has 3 aromatic carbocycles. The highest BCUT2D eigenvalue weighted by molar-refractivity contribution is 5.97. The van der Waals surface area contributed by atoms with E-state index in [9.17, 15) is 4.79 Å². The molecule has 6 heteroatoms. The number of aryl methyl sites for hydroxylation is 1. The third-order valence-electron chi connectivity index (χ3n) is 4.56. The second-order valence-electron chi connectivity index (χ2n) is 6.11. The molecule has 0 unspecified atom stereocenters. The molecule has 1 amide bonds. The minimum atomic E-state index is -0.548. The van der Waals surface area contributed by atoms with E-state index >= 15 is 0 Å². The zero-order valence-corrected chi connectivity index (χ0v) is 14.2. The van der Waals surface area contributed by atoms with Crippen LogP contribution in [0.25, 0.3) is 21.8 Å². The summed E-state index contributed by atoms with van der Waals surface area (Å²) in [4.78, 5) is 16.2.